The van der Waals surface area contributed by atoms with Crippen molar-refractivity contribution in [2.24, 2.45) is 5.92 Å². The number of imide groups is 1. The number of anilines is 1. The summed E-state index contributed by atoms with van der Waals surface area (Å²) in [6, 6.07) is 13.4. The number of aryl methyl sites for hydroxylation is 3. The van der Waals surface area contributed by atoms with Gasteiger partial charge in [0.1, 0.15) is 5.70 Å². The Bertz CT molecular complexity index is 1040. The molecule has 30 heavy (non-hydrogen) atoms. The zero-order valence-electron chi connectivity index (χ0n) is 17.8. The van der Waals surface area contributed by atoms with Crippen LogP contribution in [0.2, 0.25) is 0 Å². The van der Waals surface area contributed by atoms with Gasteiger partial charge in [-0.05, 0) is 73.9 Å². The van der Waals surface area contributed by atoms with E-state index < -0.39 is 0 Å². The van der Waals surface area contributed by atoms with Crippen LogP contribution in [0.5, 0.6) is 0 Å². The van der Waals surface area contributed by atoms with Gasteiger partial charge in [-0.25, -0.2) is 4.90 Å². The van der Waals surface area contributed by atoms with Gasteiger partial charge in [-0.1, -0.05) is 30.3 Å². The second-order valence-electron chi connectivity index (χ2n) is 8.44. The van der Waals surface area contributed by atoms with Crippen molar-refractivity contribution in [3.63, 3.8) is 0 Å². The van der Waals surface area contributed by atoms with Crippen LogP contribution in [0, 0.1) is 26.7 Å². The van der Waals surface area contributed by atoms with Crippen molar-refractivity contribution in [1.29, 1.82) is 0 Å². The molecule has 1 N–H and O–H groups in total. The fraction of sp³-hybridized carbons (Fsp3) is 0.360. The van der Waals surface area contributed by atoms with Crippen molar-refractivity contribution in [2.75, 3.05) is 24.6 Å². The molecule has 2 amide bonds. The number of piperidine rings is 1. The molecule has 0 radical (unpaired) electrons. The van der Waals surface area contributed by atoms with Gasteiger partial charge in [-0.2, -0.15) is 0 Å². The Morgan fingerprint density at radius 2 is 1.80 bits per heavy atom. The number of carbonyl (C=O) groups is 2. The number of amides is 2. The lowest BCUT2D eigenvalue weighted by molar-refractivity contribution is -0.120. The summed E-state index contributed by atoms with van der Waals surface area (Å²) in [5.41, 5.74) is 5.51. The minimum absolute atomic E-state index is 0.0898. The molecule has 0 spiro atoms. The van der Waals surface area contributed by atoms with Gasteiger partial charge in [0.05, 0.1) is 11.3 Å². The normalized spacial score (nSPS) is 19.8. The van der Waals surface area contributed by atoms with Crippen LogP contribution in [-0.4, -0.2) is 41.5 Å². The van der Waals surface area contributed by atoms with E-state index in [1.807, 2.05) is 62.1 Å². The largest absolute Gasteiger partial charge is 0.396 e. The molecule has 1 unspecified atom stereocenters. The lowest BCUT2D eigenvalue weighted by atomic mass is 9.96. The van der Waals surface area contributed by atoms with Crippen molar-refractivity contribution in [3.05, 3.63) is 70.4 Å². The monoisotopic (exact) mass is 404 g/mol. The van der Waals surface area contributed by atoms with Gasteiger partial charge in [0, 0.05) is 19.7 Å². The first kappa shape index (κ1) is 20.4. The summed E-state index contributed by atoms with van der Waals surface area (Å²) in [6.07, 6.45) is 1.82. The van der Waals surface area contributed by atoms with Crippen LogP contribution < -0.4 is 4.90 Å². The molecule has 1 atom stereocenters. The Morgan fingerprint density at radius 3 is 2.50 bits per heavy atom. The summed E-state index contributed by atoms with van der Waals surface area (Å²) >= 11 is 0. The Labute approximate surface area is 177 Å². The number of rotatable bonds is 4. The number of aliphatic hydroxyl groups is 1. The van der Waals surface area contributed by atoms with Crippen LogP contribution in [0.3, 0.4) is 0 Å². The average molecular weight is 405 g/mol. The zero-order chi connectivity index (χ0) is 21.4. The molecule has 2 aromatic rings. The lowest BCUT2D eigenvalue weighted by Gasteiger charge is -2.34. The summed E-state index contributed by atoms with van der Waals surface area (Å²) in [5, 5.41) is 9.67. The molecule has 1 fully saturated rings. The smallest absolute Gasteiger partial charge is 0.282 e. The van der Waals surface area contributed by atoms with Gasteiger partial charge in [-0.15, -0.1) is 0 Å². The van der Waals surface area contributed by atoms with Crippen LogP contribution in [0.1, 0.15) is 35.1 Å². The third kappa shape index (κ3) is 3.54. The van der Waals surface area contributed by atoms with Crippen molar-refractivity contribution >= 4 is 23.1 Å². The van der Waals surface area contributed by atoms with Crippen LogP contribution in [0.4, 0.5) is 5.69 Å². The number of likely N-dealkylation sites (tertiary alicyclic amines) is 1. The molecule has 2 heterocycles. The summed E-state index contributed by atoms with van der Waals surface area (Å²) in [6.45, 7) is 7.38. The fourth-order valence-electron chi connectivity index (χ4n) is 4.39. The third-order valence-corrected chi connectivity index (χ3v) is 6.21. The second-order valence-corrected chi connectivity index (χ2v) is 8.44. The van der Waals surface area contributed by atoms with Gasteiger partial charge >= 0.3 is 0 Å². The molecular formula is C25H28N2O3. The predicted octanol–water partition coefficient (Wildman–Crippen LogP) is 3.60. The van der Waals surface area contributed by atoms with Crippen molar-refractivity contribution in [1.82, 2.24) is 4.90 Å². The molecule has 5 heteroatoms. The SMILES string of the molecule is Cc1cccc(N2C(=O)C(c3ccc(C)c(C)c3)=C(N3CCCC(CO)C3)C2=O)c1. The minimum atomic E-state index is -0.282. The number of aliphatic hydroxyl groups excluding tert-OH is 1. The van der Waals surface area contributed by atoms with Crippen molar-refractivity contribution < 1.29 is 14.7 Å². The first-order valence-corrected chi connectivity index (χ1v) is 10.5. The number of nitrogens with zero attached hydrogens (tertiary/aromatic N) is 2. The third-order valence-electron chi connectivity index (χ3n) is 6.21. The summed E-state index contributed by atoms with van der Waals surface area (Å²) in [7, 11) is 0. The van der Waals surface area contributed by atoms with E-state index in [0.717, 1.165) is 35.1 Å². The van der Waals surface area contributed by atoms with Gasteiger partial charge in [0.15, 0.2) is 0 Å². The molecule has 2 aliphatic rings. The maximum Gasteiger partial charge on any atom is 0.282 e. The van der Waals surface area contributed by atoms with Gasteiger partial charge in [0.2, 0.25) is 0 Å². The van der Waals surface area contributed by atoms with Gasteiger partial charge in [-0.3, -0.25) is 9.59 Å². The van der Waals surface area contributed by atoms with Crippen LogP contribution in [-0.2, 0) is 9.59 Å². The van der Waals surface area contributed by atoms with Gasteiger partial charge in [0.25, 0.3) is 11.8 Å². The molecular weight excluding hydrogens is 376 g/mol. The maximum atomic E-state index is 13.6. The first-order valence-electron chi connectivity index (χ1n) is 10.5. The van der Waals surface area contributed by atoms with E-state index in [9.17, 15) is 14.7 Å². The fourth-order valence-corrected chi connectivity index (χ4v) is 4.39. The molecule has 0 saturated carbocycles. The minimum Gasteiger partial charge on any atom is -0.396 e. The highest BCUT2D eigenvalue weighted by Crippen LogP contribution is 2.37. The molecule has 2 aliphatic heterocycles. The standard InChI is InChI=1S/C25H28N2O3/c1-16-6-4-8-21(12-16)27-24(29)22(20-10-9-17(2)18(3)13-20)23(25(27)30)26-11-5-7-19(14-26)15-28/h4,6,8-10,12-13,19,28H,5,7,11,14-15H2,1-3H3. The molecule has 1 saturated heterocycles. The summed E-state index contributed by atoms with van der Waals surface area (Å²) < 4.78 is 0. The molecule has 156 valence electrons. The van der Waals surface area contributed by atoms with E-state index in [0.29, 0.717) is 30.0 Å². The Kier molecular flexibility index (Phi) is 5.48. The number of benzene rings is 2. The quantitative estimate of drug-likeness (QED) is 0.791. The molecule has 4 rings (SSSR count). The average Bonchev–Trinajstić information content (AvgIpc) is 3.00. The predicted molar refractivity (Wildman–Crippen MR) is 118 cm³/mol. The van der Waals surface area contributed by atoms with E-state index in [1.54, 1.807) is 6.07 Å². The number of carbonyl (C=O) groups excluding carboxylic acids is 2. The highest BCUT2D eigenvalue weighted by molar-refractivity contribution is 6.45. The first-order chi connectivity index (χ1) is 14.4. The lowest BCUT2D eigenvalue weighted by Crippen LogP contribution is -2.40. The maximum absolute atomic E-state index is 13.6. The summed E-state index contributed by atoms with van der Waals surface area (Å²) in [4.78, 5) is 30.5. The van der Waals surface area contributed by atoms with Crippen LogP contribution >= 0.6 is 0 Å². The Balaban J connectivity index is 1.84. The van der Waals surface area contributed by atoms with Crippen molar-refractivity contribution in [2.45, 2.75) is 33.6 Å². The molecule has 0 bridgehead atoms. The highest BCUT2D eigenvalue weighted by Gasteiger charge is 2.43. The molecule has 5 nitrogen and oxygen atoms in total. The van der Waals surface area contributed by atoms with E-state index in [4.69, 9.17) is 0 Å². The van der Waals surface area contributed by atoms with Crippen LogP contribution in [0.25, 0.3) is 5.57 Å². The van der Waals surface area contributed by atoms with Crippen molar-refractivity contribution in [3.8, 4) is 0 Å². The second kappa shape index (κ2) is 8.07. The van der Waals surface area contributed by atoms with Gasteiger partial charge < -0.3 is 10.0 Å². The topological polar surface area (TPSA) is 60.9 Å². The Morgan fingerprint density at radius 1 is 1.00 bits per heavy atom. The molecule has 2 aromatic carbocycles. The number of hydrogen-bond donors (Lipinski definition) is 1. The summed E-state index contributed by atoms with van der Waals surface area (Å²) in [5.74, 6) is -0.449. The van der Waals surface area contributed by atoms with Crippen LogP contribution in [0.15, 0.2) is 48.2 Å². The molecule has 0 aliphatic carbocycles. The Hall–Kier alpha value is -2.92. The van der Waals surface area contributed by atoms with E-state index in [1.165, 1.54) is 4.90 Å². The molecule has 0 aromatic heterocycles. The van der Waals surface area contributed by atoms with E-state index in [2.05, 4.69) is 0 Å². The highest BCUT2D eigenvalue weighted by atomic mass is 16.3. The van der Waals surface area contributed by atoms with E-state index >= 15 is 0 Å². The zero-order valence-corrected chi connectivity index (χ0v) is 17.8. The number of hydrogen-bond acceptors (Lipinski definition) is 4. The van der Waals surface area contributed by atoms with E-state index in [-0.39, 0.29) is 24.3 Å².